The molecule has 86 valence electrons. The molecular formula is C11H13NO4. The molecule has 0 atom stereocenters. The van der Waals surface area contributed by atoms with Gasteiger partial charge in [-0.05, 0) is 31.6 Å². The first-order valence-electron chi connectivity index (χ1n) is 4.82. The van der Waals surface area contributed by atoms with E-state index in [1.54, 1.807) is 19.9 Å². The van der Waals surface area contributed by atoms with E-state index in [2.05, 4.69) is 4.98 Å². The molecule has 0 unspecified atom stereocenters. The SMILES string of the molecule is CCOC(=O)c1cc(/C=C/C(=O)O)c(C)[nH]1. The number of rotatable bonds is 4. The average molecular weight is 223 g/mol. The summed E-state index contributed by atoms with van der Waals surface area (Å²) in [6, 6.07) is 1.56. The van der Waals surface area contributed by atoms with Crippen LogP contribution >= 0.6 is 0 Å². The number of nitrogens with one attached hydrogen (secondary N) is 1. The van der Waals surface area contributed by atoms with Gasteiger partial charge in [-0.1, -0.05) is 0 Å². The van der Waals surface area contributed by atoms with Crippen LogP contribution in [0.5, 0.6) is 0 Å². The van der Waals surface area contributed by atoms with Gasteiger partial charge in [-0.15, -0.1) is 0 Å². The van der Waals surface area contributed by atoms with Crippen molar-refractivity contribution < 1.29 is 19.4 Å². The number of carbonyl (C=O) groups is 2. The first-order chi connectivity index (χ1) is 7.54. The number of ether oxygens (including phenoxy) is 1. The van der Waals surface area contributed by atoms with Crippen molar-refractivity contribution in [2.24, 2.45) is 0 Å². The van der Waals surface area contributed by atoms with Crippen molar-refractivity contribution in [1.29, 1.82) is 0 Å². The number of hydrogen-bond acceptors (Lipinski definition) is 3. The molecule has 1 heterocycles. The lowest BCUT2D eigenvalue weighted by atomic mass is 10.2. The van der Waals surface area contributed by atoms with Gasteiger partial charge in [-0.25, -0.2) is 9.59 Å². The van der Waals surface area contributed by atoms with Crippen LogP contribution in [0.15, 0.2) is 12.1 Å². The molecule has 2 N–H and O–H groups in total. The predicted octanol–water partition coefficient (Wildman–Crippen LogP) is 1.60. The molecule has 0 amide bonds. The minimum absolute atomic E-state index is 0.303. The van der Waals surface area contributed by atoms with Crippen molar-refractivity contribution in [3.8, 4) is 0 Å². The Morgan fingerprint density at radius 3 is 2.81 bits per heavy atom. The molecule has 0 bridgehead atoms. The molecule has 0 saturated carbocycles. The summed E-state index contributed by atoms with van der Waals surface area (Å²) in [5.41, 5.74) is 1.70. The van der Waals surface area contributed by atoms with E-state index in [9.17, 15) is 9.59 Å². The van der Waals surface area contributed by atoms with Gasteiger partial charge in [-0.2, -0.15) is 0 Å². The Balaban J connectivity index is 2.89. The van der Waals surface area contributed by atoms with E-state index in [0.717, 1.165) is 11.8 Å². The van der Waals surface area contributed by atoms with E-state index in [4.69, 9.17) is 9.84 Å². The van der Waals surface area contributed by atoms with Gasteiger partial charge in [0.2, 0.25) is 0 Å². The smallest absolute Gasteiger partial charge is 0.354 e. The summed E-state index contributed by atoms with van der Waals surface area (Å²) in [7, 11) is 0. The summed E-state index contributed by atoms with van der Waals surface area (Å²) < 4.78 is 4.81. The van der Waals surface area contributed by atoms with Gasteiger partial charge < -0.3 is 14.8 Å². The van der Waals surface area contributed by atoms with Gasteiger partial charge in [-0.3, -0.25) is 0 Å². The maximum atomic E-state index is 11.4. The minimum Gasteiger partial charge on any atom is -0.478 e. The third-order valence-corrected chi connectivity index (χ3v) is 1.96. The molecule has 0 aliphatic carbocycles. The van der Waals surface area contributed by atoms with Crippen LogP contribution in [-0.4, -0.2) is 28.6 Å². The summed E-state index contributed by atoms with van der Waals surface area (Å²) in [5, 5.41) is 8.48. The molecule has 1 rings (SSSR count). The van der Waals surface area contributed by atoms with Gasteiger partial charge >= 0.3 is 11.9 Å². The highest BCUT2D eigenvalue weighted by Crippen LogP contribution is 2.12. The second kappa shape index (κ2) is 5.16. The number of hydrogen-bond donors (Lipinski definition) is 2. The van der Waals surface area contributed by atoms with Crippen LogP contribution in [0.3, 0.4) is 0 Å². The number of aromatic nitrogens is 1. The molecule has 0 fully saturated rings. The van der Waals surface area contributed by atoms with Crippen LogP contribution < -0.4 is 0 Å². The maximum Gasteiger partial charge on any atom is 0.354 e. The molecule has 0 aliphatic heterocycles. The van der Waals surface area contributed by atoms with Crippen molar-refractivity contribution in [2.75, 3.05) is 6.61 Å². The van der Waals surface area contributed by atoms with Crippen LogP contribution in [0.25, 0.3) is 6.08 Å². The lowest BCUT2D eigenvalue weighted by molar-refractivity contribution is -0.131. The normalized spacial score (nSPS) is 10.6. The van der Waals surface area contributed by atoms with E-state index in [0.29, 0.717) is 17.9 Å². The average Bonchev–Trinajstić information content (AvgIpc) is 2.57. The summed E-state index contributed by atoms with van der Waals surface area (Å²) in [4.78, 5) is 24.5. The van der Waals surface area contributed by atoms with Crippen LogP contribution in [0.2, 0.25) is 0 Å². The molecule has 0 spiro atoms. The van der Waals surface area contributed by atoms with Crippen LogP contribution in [0.1, 0.15) is 28.7 Å². The molecule has 1 aromatic rings. The standard InChI is InChI=1S/C11H13NO4/c1-3-16-11(15)9-6-8(7(2)12-9)4-5-10(13)14/h4-6,12H,3H2,1-2H3,(H,13,14)/b5-4+. The fourth-order valence-electron chi connectivity index (χ4n) is 1.23. The number of carboxylic acids is 1. The quantitative estimate of drug-likeness (QED) is 0.600. The van der Waals surface area contributed by atoms with Crippen molar-refractivity contribution in [3.63, 3.8) is 0 Å². The highest BCUT2D eigenvalue weighted by Gasteiger charge is 2.10. The third-order valence-electron chi connectivity index (χ3n) is 1.96. The van der Waals surface area contributed by atoms with E-state index < -0.39 is 11.9 Å². The second-order valence-electron chi connectivity index (χ2n) is 3.16. The van der Waals surface area contributed by atoms with Crippen LogP contribution in [0, 0.1) is 6.92 Å². The Kier molecular flexibility index (Phi) is 3.88. The maximum absolute atomic E-state index is 11.4. The van der Waals surface area contributed by atoms with Gasteiger partial charge in [0, 0.05) is 11.8 Å². The summed E-state index contributed by atoms with van der Waals surface area (Å²) in [6.07, 6.45) is 2.45. The zero-order valence-electron chi connectivity index (χ0n) is 9.11. The number of H-pyrrole nitrogens is 1. The summed E-state index contributed by atoms with van der Waals surface area (Å²) >= 11 is 0. The van der Waals surface area contributed by atoms with Gasteiger partial charge in [0.1, 0.15) is 5.69 Å². The molecule has 0 radical (unpaired) electrons. The first-order valence-corrected chi connectivity index (χ1v) is 4.82. The Hall–Kier alpha value is -2.04. The molecular weight excluding hydrogens is 210 g/mol. The Morgan fingerprint density at radius 1 is 1.56 bits per heavy atom. The van der Waals surface area contributed by atoms with Crippen molar-refractivity contribution in [1.82, 2.24) is 4.98 Å². The van der Waals surface area contributed by atoms with E-state index in [-0.39, 0.29) is 0 Å². The Morgan fingerprint density at radius 2 is 2.25 bits per heavy atom. The van der Waals surface area contributed by atoms with Crippen molar-refractivity contribution in [2.45, 2.75) is 13.8 Å². The molecule has 5 nitrogen and oxygen atoms in total. The van der Waals surface area contributed by atoms with Crippen molar-refractivity contribution in [3.05, 3.63) is 29.1 Å². The van der Waals surface area contributed by atoms with E-state index >= 15 is 0 Å². The van der Waals surface area contributed by atoms with Crippen LogP contribution in [-0.2, 0) is 9.53 Å². The Bertz CT molecular complexity index is 431. The highest BCUT2D eigenvalue weighted by atomic mass is 16.5. The Labute approximate surface area is 92.7 Å². The number of aliphatic carboxylic acids is 1. The molecule has 5 heteroatoms. The lowest BCUT2D eigenvalue weighted by Gasteiger charge is -1.96. The number of esters is 1. The molecule has 0 saturated heterocycles. The van der Waals surface area contributed by atoms with Crippen LogP contribution in [0.4, 0.5) is 0 Å². The first kappa shape index (κ1) is 12.0. The van der Waals surface area contributed by atoms with E-state index in [1.165, 1.54) is 6.08 Å². The van der Waals surface area contributed by atoms with Gasteiger partial charge in [0.15, 0.2) is 0 Å². The topological polar surface area (TPSA) is 79.4 Å². The molecule has 1 aromatic heterocycles. The minimum atomic E-state index is -1.03. The zero-order chi connectivity index (χ0) is 12.1. The molecule has 16 heavy (non-hydrogen) atoms. The molecule has 0 aliphatic rings. The summed E-state index contributed by atoms with van der Waals surface area (Å²) in [6.45, 7) is 3.78. The number of aryl methyl sites for hydroxylation is 1. The number of carboxylic acid groups (broad SMARTS) is 1. The highest BCUT2D eigenvalue weighted by molar-refractivity contribution is 5.90. The number of aromatic amines is 1. The summed E-state index contributed by atoms with van der Waals surface area (Å²) in [5.74, 6) is -1.47. The largest absolute Gasteiger partial charge is 0.478 e. The fraction of sp³-hybridized carbons (Fsp3) is 0.273. The number of carbonyl (C=O) groups excluding carboxylic acids is 1. The van der Waals surface area contributed by atoms with Gasteiger partial charge in [0.05, 0.1) is 6.61 Å². The monoisotopic (exact) mass is 223 g/mol. The fourth-order valence-corrected chi connectivity index (χ4v) is 1.23. The third kappa shape index (κ3) is 2.98. The van der Waals surface area contributed by atoms with Crippen molar-refractivity contribution >= 4 is 18.0 Å². The second-order valence-corrected chi connectivity index (χ2v) is 3.16. The molecule has 0 aromatic carbocycles. The lowest BCUT2D eigenvalue weighted by Crippen LogP contribution is -2.04. The van der Waals surface area contributed by atoms with E-state index in [1.807, 2.05) is 0 Å². The predicted molar refractivity (Wildman–Crippen MR) is 58.2 cm³/mol. The van der Waals surface area contributed by atoms with Gasteiger partial charge in [0.25, 0.3) is 0 Å². The zero-order valence-corrected chi connectivity index (χ0v) is 9.11.